The average Bonchev–Trinajstić information content (AvgIpc) is 3.64. The van der Waals surface area contributed by atoms with Crippen LogP contribution in [0.4, 0.5) is 0 Å². The van der Waals surface area contributed by atoms with Crippen LogP contribution in [0.5, 0.6) is 0 Å². The van der Waals surface area contributed by atoms with Crippen molar-refractivity contribution >= 4 is 21.5 Å². The molecule has 304 valence electrons. The summed E-state index contributed by atoms with van der Waals surface area (Å²) in [6.45, 7) is 0. The third-order valence-electron chi connectivity index (χ3n) is 14.6. The summed E-state index contributed by atoms with van der Waals surface area (Å²) >= 11 is 0. The molecule has 0 heteroatoms. The maximum Gasteiger partial charge on any atom is 0.0713 e. The molecule has 0 heterocycles. The van der Waals surface area contributed by atoms with Crippen LogP contribution in [-0.4, -0.2) is 0 Å². The minimum atomic E-state index is -0.537. The molecular formula is C65H44. The van der Waals surface area contributed by atoms with E-state index in [1.54, 1.807) is 0 Å². The molecule has 0 saturated heterocycles. The van der Waals surface area contributed by atoms with Crippen molar-refractivity contribution in [2.75, 3.05) is 0 Å². The molecule has 1 unspecified atom stereocenters. The minimum Gasteiger partial charge on any atom is -0.0807 e. The highest BCUT2D eigenvalue weighted by molar-refractivity contribution is 6.24. The van der Waals surface area contributed by atoms with Crippen molar-refractivity contribution in [1.82, 2.24) is 0 Å². The molecule has 0 bridgehead atoms. The van der Waals surface area contributed by atoms with E-state index in [9.17, 15) is 0 Å². The predicted octanol–water partition coefficient (Wildman–Crippen LogP) is 16.4. The molecule has 10 aromatic rings. The van der Waals surface area contributed by atoms with Gasteiger partial charge in [0.25, 0.3) is 0 Å². The Morgan fingerprint density at radius 3 is 1.18 bits per heavy atom. The van der Waals surface area contributed by atoms with Crippen molar-refractivity contribution in [3.8, 4) is 44.5 Å². The Hall–Kier alpha value is -8.06. The van der Waals surface area contributed by atoms with E-state index in [1.165, 1.54) is 111 Å². The molecule has 0 saturated carbocycles. The van der Waals surface area contributed by atoms with Crippen LogP contribution < -0.4 is 0 Å². The van der Waals surface area contributed by atoms with Gasteiger partial charge in [0.2, 0.25) is 0 Å². The van der Waals surface area contributed by atoms with Gasteiger partial charge in [-0.25, -0.2) is 0 Å². The molecule has 0 radical (unpaired) electrons. The number of rotatable bonds is 6. The van der Waals surface area contributed by atoms with Crippen LogP contribution >= 0.6 is 0 Å². The normalized spacial score (nSPS) is 16.4. The fourth-order valence-corrected chi connectivity index (χ4v) is 12.1. The number of hydrogen-bond acceptors (Lipinski definition) is 0. The van der Waals surface area contributed by atoms with Gasteiger partial charge in [0.15, 0.2) is 0 Å². The topological polar surface area (TPSA) is 0 Å². The van der Waals surface area contributed by atoms with Crippen LogP contribution in [0.3, 0.4) is 0 Å². The van der Waals surface area contributed by atoms with Gasteiger partial charge in [-0.2, -0.15) is 0 Å². The van der Waals surface area contributed by atoms with Crippen LogP contribution in [0.15, 0.2) is 260 Å². The van der Waals surface area contributed by atoms with Gasteiger partial charge < -0.3 is 0 Å². The van der Waals surface area contributed by atoms with Gasteiger partial charge in [-0.1, -0.05) is 231 Å². The molecule has 0 aromatic heterocycles. The summed E-state index contributed by atoms with van der Waals surface area (Å²) in [6.07, 6.45) is 12.5. The van der Waals surface area contributed by atoms with Crippen molar-refractivity contribution in [2.24, 2.45) is 0 Å². The van der Waals surface area contributed by atoms with Gasteiger partial charge in [-0.05, 0) is 141 Å². The summed E-state index contributed by atoms with van der Waals surface area (Å²) in [7, 11) is 0. The third kappa shape index (κ3) is 5.32. The lowest BCUT2D eigenvalue weighted by Crippen LogP contribution is -2.29. The van der Waals surface area contributed by atoms with Gasteiger partial charge in [0.05, 0.1) is 10.8 Å². The van der Waals surface area contributed by atoms with Gasteiger partial charge in [0.1, 0.15) is 0 Å². The van der Waals surface area contributed by atoms with Gasteiger partial charge in [-0.15, -0.1) is 0 Å². The van der Waals surface area contributed by atoms with Crippen molar-refractivity contribution in [3.63, 3.8) is 0 Å². The molecule has 0 spiro atoms. The molecule has 13 rings (SSSR count). The van der Waals surface area contributed by atoms with Crippen LogP contribution in [0.25, 0.3) is 66.1 Å². The van der Waals surface area contributed by atoms with Gasteiger partial charge in [0, 0.05) is 0 Å². The molecule has 10 aromatic carbocycles. The Labute approximate surface area is 380 Å². The van der Waals surface area contributed by atoms with Crippen LogP contribution in [-0.2, 0) is 10.8 Å². The highest BCUT2D eigenvalue weighted by Gasteiger charge is 2.48. The lowest BCUT2D eigenvalue weighted by atomic mass is 9.66. The summed E-state index contributed by atoms with van der Waals surface area (Å²) < 4.78 is 0. The molecule has 0 fully saturated rings. The zero-order valence-electron chi connectivity index (χ0n) is 36.0. The minimum absolute atomic E-state index is 0.529. The standard InChI is InChI=1S/C65H44/c1-2-13-29-46(28-12-1)64(47-30-14-5-15-31-47)58-38-22-20-36-50(58)52-40-54-56(42-60(52)64)62(44-24-8-3-9-25-44)55-41-53-51-37-21-23-39-59(51)65(48-32-16-6-17-33-48,49-34-18-7-19-35-49)61(53)43-57(55)63(54)45-26-10-4-11-27-45/h1,3-43H,2H2. The summed E-state index contributed by atoms with van der Waals surface area (Å²) in [5, 5.41) is 5.02. The second-order valence-corrected chi connectivity index (χ2v) is 17.7. The molecule has 0 amide bonds. The number of fused-ring (bicyclic) bond motifs is 8. The first kappa shape index (κ1) is 37.5. The van der Waals surface area contributed by atoms with Gasteiger partial charge in [-0.3, -0.25) is 0 Å². The molecule has 1 atom stereocenters. The molecule has 0 N–H and O–H groups in total. The Balaban J connectivity index is 1.25. The molecule has 3 aliphatic carbocycles. The van der Waals surface area contributed by atoms with Crippen LogP contribution in [0, 0.1) is 0 Å². The van der Waals surface area contributed by atoms with Crippen molar-refractivity contribution < 1.29 is 0 Å². The predicted molar refractivity (Wildman–Crippen MR) is 272 cm³/mol. The number of benzene rings is 10. The second kappa shape index (κ2) is 14.8. The summed E-state index contributed by atoms with van der Waals surface area (Å²) in [5.41, 5.74) is 19.4. The van der Waals surface area contributed by atoms with Crippen LogP contribution in [0.1, 0.15) is 45.4 Å². The second-order valence-electron chi connectivity index (χ2n) is 17.7. The maximum atomic E-state index is 2.59. The lowest BCUT2D eigenvalue weighted by Gasteiger charge is -2.35. The summed E-state index contributed by atoms with van der Waals surface area (Å²) in [5.74, 6) is 0. The highest BCUT2D eigenvalue weighted by atomic mass is 14.5. The first-order valence-corrected chi connectivity index (χ1v) is 22.9. The lowest BCUT2D eigenvalue weighted by molar-refractivity contribution is 0.768. The SMILES string of the molecule is C1=CCC=CC(C2(c3ccccc3)c3ccccc3-c3cc4c(-c5ccccc5)c5cc6c(cc5c(-c5ccccc5)c4cc32)-c2ccccc2C6(c2ccccc2)c2ccccc2)=C1. The van der Waals surface area contributed by atoms with E-state index in [-0.39, 0.29) is 0 Å². The van der Waals surface area contributed by atoms with Crippen molar-refractivity contribution in [3.05, 3.63) is 299 Å². The van der Waals surface area contributed by atoms with E-state index in [4.69, 9.17) is 0 Å². The average molecular weight is 825 g/mol. The van der Waals surface area contributed by atoms with E-state index >= 15 is 0 Å². The first-order chi connectivity index (χ1) is 32.3. The maximum absolute atomic E-state index is 2.59. The van der Waals surface area contributed by atoms with Gasteiger partial charge >= 0.3 is 0 Å². The molecule has 0 nitrogen and oxygen atoms in total. The Kier molecular flexibility index (Phi) is 8.52. The van der Waals surface area contributed by atoms with Crippen molar-refractivity contribution in [2.45, 2.75) is 17.3 Å². The van der Waals surface area contributed by atoms with E-state index in [0.717, 1.165) is 6.42 Å². The fraction of sp³-hybridized carbons (Fsp3) is 0.0462. The Morgan fingerprint density at radius 1 is 0.308 bits per heavy atom. The smallest absolute Gasteiger partial charge is 0.0713 e. The van der Waals surface area contributed by atoms with Crippen molar-refractivity contribution in [1.29, 1.82) is 0 Å². The van der Waals surface area contributed by atoms with E-state index < -0.39 is 10.8 Å². The van der Waals surface area contributed by atoms with E-state index in [0.29, 0.717) is 0 Å². The largest absolute Gasteiger partial charge is 0.0807 e. The first-order valence-electron chi connectivity index (χ1n) is 22.9. The Bertz CT molecular complexity index is 3540. The third-order valence-corrected chi connectivity index (χ3v) is 14.6. The van der Waals surface area contributed by atoms with E-state index in [1.807, 2.05) is 0 Å². The van der Waals surface area contributed by atoms with Crippen LogP contribution in [0.2, 0.25) is 0 Å². The number of allylic oxidation sites excluding steroid dienone is 6. The summed E-state index contributed by atoms with van der Waals surface area (Å²) in [4.78, 5) is 0. The molecular weight excluding hydrogens is 781 g/mol. The zero-order chi connectivity index (χ0) is 43.0. The Morgan fingerprint density at radius 2 is 0.692 bits per heavy atom. The molecule has 0 aliphatic heterocycles. The molecule has 65 heavy (non-hydrogen) atoms. The quantitative estimate of drug-likeness (QED) is 0.147. The zero-order valence-corrected chi connectivity index (χ0v) is 36.0. The molecule has 3 aliphatic rings. The fourth-order valence-electron chi connectivity index (χ4n) is 12.1. The summed E-state index contributed by atoms with van der Waals surface area (Å²) in [6, 6.07) is 84.5. The monoisotopic (exact) mass is 824 g/mol. The highest BCUT2D eigenvalue weighted by Crippen LogP contribution is 2.61. The van der Waals surface area contributed by atoms with E-state index in [2.05, 4.69) is 255 Å². The number of hydrogen-bond donors (Lipinski definition) is 0.